The van der Waals surface area contributed by atoms with Gasteiger partial charge in [-0.05, 0) is 48.6 Å². The molecule has 0 saturated carbocycles. The van der Waals surface area contributed by atoms with Crippen molar-refractivity contribution in [1.29, 1.82) is 0 Å². The van der Waals surface area contributed by atoms with Crippen LogP contribution in [0, 0.1) is 13.3 Å². The molecule has 2 rings (SSSR count). The average molecular weight is 503 g/mol. The van der Waals surface area contributed by atoms with Crippen molar-refractivity contribution >= 4 is 30.4 Å². The third-order valence-corrected chi connectivity index (χ3v) is 3.58. The first-order chi connectivity index (χ1) is 8.85. The molecule has 0 aliphatic heterocycles. The fourth-order valence-electron chi connectivity index (χ4n) is 2.01. The van der Waals surface area contributed by atoms with Gasteiger partial charge >= 0.3 is 4.59 Å². The van der Waals surface area contributed by atoms with Crippen LogP contribution >= 0.6 is 24.7 Å². The molecular weight excluding hydrogens is 486 g/mol. The van der Waals surface area contributed by atoms with E-state index in [1.165, 1.54) is 6.07 Å². The van der Waals surface area contributed by atoms with Gasteiger partial charge in [-0.15, -0.1) is 0 Å². The largest absolute Gasteiger partial charge is 0.508 e. The maximum atomic E-state index is 12.8. The Bertz CT molecular complexity index is 504. The summed E-state index contributed by atoms with van der Waals surface area (Å²) in [6.07, 6.45) is 3.48. The SMILES string of the molecule is CC1C=C(OSC(F)(F)S)c2ccc(O)cc2CC1.[CH3-].[W]. The Morgan fingerprint density at radius 2 is 2.10 bits per heavy atom. The van der Waals surface area contributed by atoms with E-state index in [2.05, 4.69) is 12.6 Å². The first kappa shape index (κ1) is 20.8. The van der Waals surface area contributed by atoms with E-state index in [0.717, 1.165) is 24.0 Å². The average Bonchev–Trinajstić information content (AvgIpc) is 2.45. The number of thiol groups is 1. The second-order valence-electron chi connectivity index (χ2n) is 4.54. The summed E-state index contributed by atoms with van der Waals surface area (Å²) in [4.78, 5) is 0. The zero-order chi connectivity index (χ0) is 14.0. The molecule has 2 nitrogen and oxygen atoms in total. The van der Waals surface area contributed by atoms with E-state index in [-0.39, 0.29) is 52.2 Å². The molecule has 1 aliphatic carbocycles. The van der Waals surface area contributed by atoms with Gasteiger partial charge in [-0.3, -0.25) is 0 Å². The number of hydrogen-bond acceptors (Lipinski definition) is 4. The molecule has 118 valence electrons. The van der Waals surface area contributed by atoms with Crippen molar-refractivity contribution in [2.75, 3.05) is 0 Å². The van der Waals surface area contributed by atoms with Gasteiger partial charge in [0.15, 0.2) is 0 Å². The summed E-state index contributed by atoms with van der Waals surface area (Å²) in [5.74, 6) is 0.789. The van der Waals surface area contributed by atoms with Gasteiger partial charge < -0.3 is 16.7 Å². The number of aromatic hydroxyl groups is 1. The van der Waals surface area contributed by atoms with Gasteiger partial charge in [0, 0.05) is 26.6 Å². The molecule has 1 aromatic rings. The number of hydrogen-bond donors (Lipinski definition) is 2. The van der Waals surface area contributed by atoms with Crippen molar-refractivity contribution in [2.45, 2.75) is 24.4 Å². The third-order valence-electron chi connectivity index (χ3n) is 2.89. The van der Waals surface area contributed by atoms with Crippen LogP contribution in [0.2, 0.25) is 0 Å². The first-order valence-corrected chi connectivity index (χ1v) is 7.04. The Hall–Kier alpha value is -0.192. The molecule has 1 unspecified atom stereocenters. The van der Waals surface area contributed by atoms with Crippen LogP contribution in [-0.2, 0) is 31.7 Å². The number of phenolic OH excluding ortho intramolecular Hbond substituents is 1. The monoisotopic (exact) mass is 503 g/mol. The molecule has 0 saturated heterocycles. The number of benzene rings is 1. The molecule has 0 spiro atoms. The van der Waals surface area contributed by atoms with Crippen LogP contribution in [0.1, 0.15) is 24.5 Å². The molecule has 21 heavy (non-hydrogen) atoms. The van der Waals surface area contributed by atoms with E-state index in [1.54, 1.807) is 12.1 Å². The van der Waals surface area contributed by atoms with E-state index in [4.69, 9.17) is 4.18 Å². The minimum atomic E-state index is -3.24. The number of fused-ring (bicyclic) bond motifs is 1. The van der Waals surface area contributed by atoms with Gasteiger partial charge in [0.25, 0.3) is 0 Å². The van der Waals surface area contributed by atoms with Gasteiger partial charge in [0.2, 0.25) is 0 Å². The molecule has 1 atom stereocenters. The van der Waals surface area contributed by atoms with Gasteiger partial charge in [-0.25, -0.2) is 0 Å². The number of allylic oxidation sites excluding steroid dienone is 1. The molecule has 1 aromatic carbocycles. The van der Waals surface area contributed by atoms with Gasteiger partial charge in [0.1, 0.15) is 23.6 Å². The van der Waals surface area contributed by atoms with Crippen molar-refractivity contribution in [3.63, 3.8) is 0 Å². The normalized spacial score (nSPS) is 17.5. The standard InChI is InChI=1S/C13H14F2O2S2.CH3.W/c1-8-2-3-9-7-10(16)4-5-11(9)12(6-8)17-19-13(14,15)18;;/h4-8,16,18H,2-3H2,1H3;1H3;/q;-1;. The zero-order valence-electron chi connectivity index (χ0n) is 11.7. The predicted octanol–water partition coefficient (Wildman–Crippen LogP) is 4.91. The molecule has 1 aliphatic rings. The summed E-state index contributed by atoms with van der Waals surface area (Å²) in [6, 6.07) is 4.86. The van der Waals surface area contributed by atoms with E-state index in [0.29, 0.717) is 5.76 Å². The predicted molar refractivity (Wildman–Crippen MR) is 82.6 cm³/mol. The van der Waals surface area contributed by atoms with Crippen LogP contribution < -0.4 is 0 Å². The van der Waals surface area contributed by atoms with Gasteiger partial charge in [0.05, 0.1) is 0 Å². The molecule has 0 radical (unpaired) electrons. The van der Waals surface area contributed by atoms with Crippen LogP contribution in [-0.4, -0.2) is 9.69 Å². The zero-order valence-corrected chi connectivity index (χ0v) is 16.3. The van der Waals surface area contributed by atoms with E-state index in [1.807, 2.05) is 13.0 Å². The quantitative estimate of drug-likeness (QED) is 0.266. The molecule has 0 aromatic heterocycles. The minimum absolute atomic E-state index is 0. The summed E-state index contributed by atoms with van der Waals surface area (Å²) >= 11 is 3.15. The van der Waals surface area contributed by atoms with Crippen LogP contribution in [0.3, 0.4) is 0 Å². The third kappa shape index (κ3) is 6.21. The fourth-order valence-corrected chi connectivity index (χ4v) is 2.46. The van der Waals surface area contributed by atoms with Crippen molar-refractivity contribution in [1.82, 2.24) is 0 Å². The maximum Gasteiger partial charge on any atom is 0.373 e. The Morgan fingerprint density at radius 3 is 2.71 bits per heavy atom. The Labute approximate surface area is 148 Å². The van der Waals surface area contributed by atoms with Gasteiger partial charge in [-0.1, -0.05) is 19.6 Å². The number of halogens is 2. The van der Waals surface area contributed by atoms with E-state index in [9.17, 15) is 13.9 Å². The van der Waals surface area contributed by atoms with E-state index >= 15 is 0 Å². The molecule has 7 heteroatoms. The van der Waals surface area contributed by atoms with Crippen molar-refractivity contribution < 1.29 is 39.1 Å². The van der Waals surface area contributed by atoms with Gasteiger partial charge in [-0.2, -0.15) is 8.78 Å². The number of phenols is 1. The first-order valence-electron chi connectivity index (χ1n) is 5.85. The molecular formula is C14H17F2O2S2W-. The molecule has 0 bridgehead atoms. The van der Waals surface area contributed by atoms with Crippen LogP contribution in [0.15, 0.2) is 24.3 Å². The molecule has 0 heterocycles. The van der Waals surface area contributed by atoms with Crippen molar-refractivity contribution in [3.05, 3.63) is 42.8 Å². The van der Waals surface area contributed by atoms with Crippen molar-refractivity contribution in [3.8, 4) is 5.75 Å². The summed E-state index contributed by atoms with van der Waals surface area (Å²) < 4.78 is 27.4. The van der Waals surface area contributed by atoms with Crippen LogP contribution in [0.25, 0.3) is 5.76 Å². The summed E-state index contributed by atoms with van der Waals surface area (Å²) in [5.41, 5.74) is 1.64. The van der Waals surface area contributed by atoms with Crippen LogP contribution in [0.4, 0.5) is 8.78 Å². The maximum absolute atomic E-state index is 12.8. The Kier molecular flexibility index (Phi) is 8.37. The minimum Gasteiger partial charge on any atom is -0.508 e. The summed E-state index contributed by atoms with van der Waals surface area (Å²) in [5, 5.41) is 9.49. The topological polar surface area (TPSA) is 29.5 Å². The summed E-state index contributed by atoms with van der Waals surface area (Å²) in [6.45, 7) is 2.00. The Morgan fingerprint density at radius 1 is 1.43 bits per heavy atom. The van der Waals surface area contributed by atoms with Crippen molar-refractivity contribution in [2.24, 2.45) is 5.92 Å². The number of aryl methyl sites for hydroxylation is 1. The fraction of sp³-hybridized carbons (Fsp3) is 0.357. The second kappa shape index (κ2) is 8.44. The van der Waals surface area contributed by atoms with E-state index < -0.39 is 4.59 Å². The smallest absolute Gasteiger partial charge is 0.373 e. The molecule has 0 amide bonds. The number of alkyl halides is 2. The second-order valence-corrected chi connectivity index (χ2v) is 6.25. The molecule has 0 fully saturated rings. The Balaban J connectivity index is 0.00000200. The van der Waals surface area contributed by atoms with Crippen LogP contribution in [0.5, 0.6) is 5.75 Å². The molecule has 1 N–H and O–H groups in total. The number of rotatable bonds is 3. The summed E-state index contributed by atoms with van der Waals surface area (Å²) in [7, 11) is 0.